The second-order valence-corrected chi connectivity index (χ2v) is 7.33. The average Bonchev–Trinajstić information content (AvgIpc) is 3.40. The highest BCUT2D eigenvalue weighted by molar-refractivity contribution is 7.07. The second kappa shape index (κ2) is 7.90. The number of carbonyl (C=O) groups excluding carboxylic acids is 2. The van der Waals surface area contributed by atoms with Gasteiger partial charge in [-0.2, -0.15) is 0 Å². The summed E-state index contributed by atoms with van der Waals surface area (Å²) in [6.07, 6.45) is 1.41. The first kappa shape index (κ1) is 18.3. The lowest BCUT2D eigenvalue weighted by Gasteiger charge is -2.23. The van der Waals surface area contributed by atoms with Gasteiger partial charge in [0.05, 0.1) is 5.51 Å². The van der Waals surface area contributed by atoms with E-state index < -0.39 is 6.04 Å². The minimum atomic E-state index is -0.503. The van der Waals surface area contributed by atoms with Gasteiger partial charge in [0.2, 0.25) is 5.91 Å². The fourth-order valence-electron chi connectivity index (χ4n) is 3.39. The number of hydrogen-bond donors (Lipinski definition) is 1. The minimum absolute atomic E-state index is 0.208. The van der Waals surface area contributed by atoms with Crippen molar-refractivity contribution < 1.29 is 14.0 Å². The molecule has 0 saturated carbocycles. The highest BCUT2D eigenvalue weighted by atomic mass is 32.1. The largest absolute Gasteiger partial charge is 0.325 e. The molecule has 1 N–H and O–H groups in total. The molecule has 2 amide bonds. The predicted octanol–water partition coefficient (Wildman–Crippen LogP) is 4.19. The normalized spacial score (nSPS) is 16.2. The van der Waals surface area contributed by atoms with Crippen molar-refractivity contribution in [2.24, 2.45) is 0 Å². The Bertz CT molecular complexity index is 989. The Morgan fingerprint density at radius 1 is 1.14 bits per heavy atom. The van der Waals surface area contributed by atoms with Gasteiger partial charge in [0.1, 0.15) is 17.6 Å². The van der Waals surface area contributed by atoms with E-state index in [1.807, 2.05) is 18.2 Å². The molecule has 1 unspecified atom stereocenters. The Labute approximate surface area is 165 Å². The molecule has 0 spiro atoms. The number of likely N-dealkylation sites (tertiary alicyclic amines) is 1. The van der Waals surface area contributed by atoms with Crippen molar-refractivity contribution in [3.05, 3.63) is 70.9 Å². The van der Waals surface area contributed by atoms with E-state index in [1.54, 1.807) is 34.0 Å². The Morgan fingerprint density at radius 3 is 2.68 bits per heavy atom. The molecule has 1 aliphatic heterocycles. The fraction of sp³-hybridized carbons (Fsp3) is 0.190. The molecule has 1 saturated heterocycles. The lowest BCUT2D eigenvalue weighted by atomic mass is 10.1. The Balaban J connectivity index is 1.45. The summed E-state index contributed by atoms with van der Waals surface area (Å²) in [7, 11) is 0. The highest BCUT2D eigenvalue weighted by Gasteiger charge is 2.35. The summed E-state index contributed by atoms with van der Waals surface area (Å²) in [6, 6.07) is 13.1. The van der Waals surface area contributed by atoms with E-state index in [0.29, 0.717) is 24.3 Å². The van der Waals surface area contributed by atoms with Gasteiger partial charge in [-0.3, -0.25) is 9.59 Å². The number of nitrogens with zero attached hydrogens (tertiary/aromatic N) is 2. The number of aromatic nitrogens is 1. The molecule has 142 valence electrons. The first-order valence-electron chi connectivity index (χ1n) is 8.98. The van der Waals surface area contributed by atoms with Crippen molar-refractivity contribution in [1.29, 1.82) is 0 Å². The Morgan fingerprint density at radius 2 is 1.96 bits per heavy atom. The molecule has 1 atom stereocenters. The van der Waals surface area contributed by atoms with Crippen LogP contribution in [-0.4, -0.2) is 34.3 Å². The zero-order chi connectivity index (χ0) is 19.5. The number of anilines is 1. The minimum Gasteiger partial charge on any atom is -0.325 e. The second-order valence-electron chi connectivity index (χ2n) is 6.61. The lowest BCUT2D eigenvalue weighted by molar-refractivity contribution is -0.119. The zero-order valence-electron chi connectivity index (χ0n) is 15.0. The number of thiazole rings is 1. The van der Waals surface area contributed by atoms with Crippen LogP contribution in [0.25, 0.3) is 11.1 Å². The zero-order valence-corrected chi connectivity index (χ0v) is 15.8. The molecule has 0 bridgehead atoms. The molecule has 2 heterocycles. The van der Waals surface area contributed by atoms with E-state index in [0.717, 1.165) is 17.5 Å². The molecule has 0 radical (unpaired) electrons. The van der Waals surface area contributed by atoms with E-state index >= 15 is 0 Å². The quantitative estimate of drug-likeness (QED) is 0.720. The molecule has 1 aliphatic rings. The number of amides is 2. The smallest absolute Gasteiger partial charge is 0.274 e. The van der Waals surface area contributed by atoms with Crippen molar-refractivity contribution in [2.45, 2.75) is 18.9 Å². The third kappa shape index (κ3) is 3.80. The third-order valence-electron chi connectivity index (χ3n) is 4.78. The van der Waals surface area contributed by atoms with Crippen LogP contribution in [0.4, 0.5) is 10.1 Å². The maximum absolute atomic E-state index is 13.4. The summed E-state index contributed by atoms with van der Waals surface area (Å²) in [5.41, 5.74) is 4.26. The average molecular weight is 395 g/mol. The molecular weight excluding hydrogens is 377 g/mol. The van der Waals surface area contributed by atoms with E-state index in [9.17, 15) is 14.0 Å². The van der Waals surface area contributed by atoms with Crippen LogP contribution in [0.15, 0.2) is 59.4 Å². The molecule has 1 fully saturated rings. The highest BCUT2D eigenvalue weighted by Crippen LogP contribution is 2.24. The Kier molecular flexibility index (Phi) is 5.16. The van der Waals surface area contributed by atoms with Gasteiger partial charge in [-0.1, -0.05) is 24.3 Å². The molecule has 3 aromatic rings. The molecule has 0 aliphatic carbocycles. The third-order valence-corrected chi connectivity index (χ3v) is 5.36. The number of rotatable bonds is 4. The van der Waals surface area contributed by atoms with Crippen molar-refractivity contribution in [3.8, 4) is 11.1 Å². The number of benzene rings is 2. The van der Waals surface area contributed by atoms with Gasteiger partial charge in [0.25, 0.3) is 5.91 Å². The number of hydrogen-bond acceptors (Lipinski definition) is 4. The van der Waals surface area contributed by atoms with Gasteiger partial charge >= 0.3 is 0 Å². The Hall–Kier alpha value is -3.06. The van der Waals surface area contributed by atoms with Crippen molar-refractivity contribution in [2.75, 3.05) is 11.9 Å². The number of halogens is 1. The van der Waals surface area contributed by atoms with Gasteiger partial charge in [0.15, 0.2) is 0 Å². The van der Waals surface area contributed by atoms with Gasteiger partial charge in [0, 0.05) is 17.6 Å². The van der Waals surface area contributed by atoms with Gasteiger partial charge < -0.3 is 10.2 Å². The monoisotopic (exact) mass is 395 g/mol. The van der Waals surface area contributed by atoms with Crippen LogP contribution in [0.2, 0.25) is 0 Å². The van der Waals surface area contributed by atoms with E-state index in [4.69, 9.17) is 0 Å². The summed E-state index contributed by atoms with van der Waals surface area (Å²) in [6.45, 7) is 0.549. The number of carbonyl (C=O) groups is 2. The topological polar surface area (TPSA) is 62.3 Å². The first-order valence-corrected chi connectivity index (χ1v) is 9.92. The predicted molar refractivity (Wildman–Crippen MR) is 107 cm³/mol. The van der Waals surface area contributed by atoms with Crippen molar-refractivity contribution in [3.63, 3.8) is 0 Å². The van der Waals surface area contributed by atoms with Gasteiger partial charge in [-0.05, 0) is 48.2 Å². The molecular formula is C21H18FN3O2S. The molecule has 1 aromatic heterocycles. The first-order chi connectivity index (χ1) is 13.6. The summed E-state index contributed by atoms with van der Waals surface area (Å²) < 4.78 is 13.4. The van der Waals surface area contributed by atoms with Gasteiger partial charge in [-0.25, -0.2) is 9.37 Å². The van der Waals surface area contributed by atoms with Gasteiger partial charge in [-0.15, -0.1) is 11.3 Å². The van der Waals surface area contributed by atoms with Crippen LogP contribution >= 0.6 is 11.3 Å². The summed E-state index contributed by atoms with van der Waals surface area (Å²) in [5, 5.41) is 4.57. The van der Waals surface area contributed by atoms with Crippen LogP contribution in [0, 0.1) is 5.82 Å². The molecule has 28 heavy (non-hydrogen) atoms. The number of nitrogens with one attached hydrogen (secondary N) is 1. The van der Waals surface area contributed by atoms with Crippen LogP contribution in [0.3, 0.4) is 0 Å². The SMILES string of the molecule is O=C(Nc1ccc(-c2cccc(F)c2)cc1)C1CCCN1C(=O)c1cscn1. The standard InChI is InChI=1S/C21H18FN3O2S/c22-16-4-1-3-15(11-16)14-6-8-17(9-7-14)24-20(26)19-5-2-10-25(19)21(27)18-12-28-13-23-18/h1,3-4,6-9,11-13,19H,2,5,10H2,(H,24,26). The van der Waals surface area contributed by atoms with E-state index in [-0.39, 0.29) is 17.6 Å². The molecule has 7 heteroatoms. The summed E-state index contributed by atoms with van der Waals surface area (Å²) in [4.78, 5) is 30.9. The maximum atomic E-state index is 13.4. The van der Waals surface area contributed by atoms with Crippen LogP contribution < -0.4 is 5.32 Å². The fourth-order valence-corrected chi connectivity index (χ4v) is 3.91. The molecule has 4 rings (SSSR count). The maximum Gasteiger partial charge on any atom is 0.274 e. The van der Waals surface area contributed by atoms with Crippen LogP contribution in [0.1, 0.15) is 23.3 Å². The van der Waals surface area contributed by atoms with E-state index in [1.165, 1.54) is 23.5 Å². The lowest BCUT2D eigenvalue weighted by Crippen LogP contribution is -2.43. The van der Waals surface area contributed by atoms with Crippen molar-refractivity contribution in [1.82, 2.24) is 9.88 Å². The molecule has 5 nitrogen and oxygen atoms in total. The van der Waals surface area contributed by atoms with Crippen molar-refractivity contribution >= 4 is 28.8 Å². The molecule has 2 aromatic carbocycles. The van der Waals surface area contributed by atoms with Crippen LogP contribution in [-0.2, 0) is 4.79 Å². The summed E-state index contributed by atoms with van der Waals surface area (Å²) in [5.74, 6) is -0.707. The van der Waals surface area contributed by atoms with E-state index in [2.05, 4.69) is 10.3 Å². The summed E-state index contributed by atoms with van der Waals surface area (Å²) >= 11 is 1.36. The van der Waals surface area contributed by atoms with Crippen LogP contribution in [0.5, 0.6) is 0 Å².